The first kappa shape index (κ1) is 18.8. The summed E-state index contributed by atoms with van der Waals surface area (Å²) in [5.74, 6) is 0.711. The maximum absolute atomic E-state index is 13.0. The Kier molecular flexibility index (Phi) is 7.88. The van der Waals surface area contributed by atoms with E-state index in [2.05, 4.69) is 18.7 Å². The molecule has 0 amide bonds. The van der Waals surface area contributed by atoms with Gasteiger partial charge in [0.2, 0.25) is 0 Å². The van der Waals surface area contributed by atoms with Crippen LogP contribution < -0.4 is 0 Å². The van der Waals surface area contributed by atoms with Gasteiger partial charge in [-0.05, 0) is 44.7 Å². The Labute approximate surface area is 143 Å². The Bertz CT molecular complexity index is 338. The van der Waals surface area contributed by atoms with Crippen LogP contribution in [-0.4, -0.2) is 37.1 Å². The Hall–Kier alpha value is -0.570. The standard InChI is InChI=1S/C20H37NO2/c1-3-21(4-2)16-17-23-19(22)20(14-10-7-11-15-20)18-12-8-5-6-9-13-18/h18H,3-17H2,1-2H3. The molecule has 0 unspecified atom stereocenters. The van der Waals surface area contributed by atoms with Crippen LogP contribution in [0.4, 0.5) is 0 Å². The predicted molar refractivity (Wildman–Crippen MR) is 95.5 cm³/mol. The highest BCUT2D eigenvalue weighted by molar-refractivity contribution is 5.77. The molecule has 2 aliphatic carbocycles. The van der Waals surface area contributed by atoms with E-state index in [1.54, 1.807) is 0 Å². The average molecular weight is 324 g/mol. The van der Waals surface area contributed by atoms with Crippen molar-refractivity contribution in [2.24, 2.45) is 11.3 Å². The maximum atomic E-state index is 13.0. The van der Waals surface area contributed by atoms with Crippen LogP contribution in [0.15, 0.2) is 0 Å². The highest BCUT2D eigenvalue weighted by Gasteiger charge is 2.46. The summed E-state index contributed by atoms with van der Waals surface area (Å²) < 4.78 is 5.83. The van der Waals surface area contributed by atoms with Crippen LogP contribution >= 0.6 is 0 Å². The molecule has 0 aromatic heterocycles. The van der Waals surface area contributed by atoms with E-state index >= 15 is 0 Å². The maximum Gasteiger partial charge on any atom is 0.312 e. The van der Waals surface area contributed by atoms with Crippen molar-refractivity contribution in [1.82, 2.24) is 4.90 Å². The first-order valence-corrected chi connectivity index (χ1v) is 10.1. The summed E-state index contributed by atoms with van der Waals surface area (Å²) in [6.45, 7) is 7.83. The van der Waals surface area contributed by atoms with Gasteiger partial charge in [-0.1, -0.05) is 58.8 Å². The van der Waals surface area contributed by atoms with Gasteiger partial charge in [0.05, 0.1) is 5.41 Å². The number of hydrogen-bond donors (Lipinski definition) is 0. The summed E-state index contributed by atoms with van der Waals surface area (Å²) in [5.41, 5.74) is -0.147. The molecule has 0 aliphatic heterocycles. The van der Waals surface area contributed by atoms with Gasteiger partial charge in [0, 0.05) is 6.54 Å². The number of esters is 1. The first-order valence-electron chi connectivity index (χ1n) is 10.1. The van der Waals surface area contributed by atoms with Crippen LogP contribution in [0.25, 0.3) is 0 Å². The lowest BCUT2D eigenvalue weighted by molar-refractivity contribution is -0.163. The van der Waals surface area contributed by atoms with Crippen LogP contribution in [0.3, 0.4) is 0 Å². The van der Waals surface area contributed by atoms with Gasteiger partial charge in [-0.15, -0.1) is 0 Å². The molecule has 2 aliphatic rings. The van der Waals surface area contributed by atoms with Gasteiger partial charge in [-0.25, -0.2) is 0 Å². The molecule has 2 saturated carbocycles. The third kappa shape index (κ3) is 4.95. The molecule has 0 spiro atoms. The molecular weight excluding hydrogens is 286 g/mol. The van der Waals surface area contributed by atoms with E-state index in [0.29, 0.717) is 12.5 Å². The lowest BCUT2D eigenvalue weighted by Gasteiger charge is -2.41. The highest BCUT2D eigenvalue weighted by Crippen LogP contribution is 2.48. The number of carbonyl (C=O) groups excluding carboxylic acids is 1. The molecule has 0 bridgehead atoms. The smallest absolute Gasteiger partial charge is 0.312 e. The number of hydrogen-bond acceptors (Lipinski definition) is 3. The van der Waals surface area contributed by atoms with Crippen molar-refractivity contribution in [2.45, 2.75) is 84.5 Å². The van der Waals surface area contributed by atoms with E-state index in [4.69, 9.17) is 4.74 Å². The Morgan fingerprint density at radius 1 is 0.957 bits per heavy atom. The van der Waals surface area contributed by atoms with Crippen molar-refractivity contribution < 1.29 is 9.53 Å². The summed E-state index contributed by atoms with van der Waals surface area (Å²) in [6.07, 6.45) is 13.6. The first-order chi connectivity index (χ1) is 11.2. The van der Waals surface area contributed by atoms with Crippen molar-refractivity contribution in [3.05, 3.63) is 0 Å². The molecule has 3 heteroatoms. The van der Waals surface area contributed by atoms with E-state index in [-0.39, 0.29) is 11.4 Å². The lowest BCUT2D eigenvalue weighted by Crippen LogP contribution is -2.42. The zero-order chi connectivity index (χ0) is 16.5. The SMILES string of the molecule is CCN(CC)CCOC(=O)C1(C2CCCCCC2)CCCCC1. The van der Waals surface area contributed by atoms with Gasteiger partial charge >= 0.3 is 5.97 Å². The normalized spacial score (nSPS) is 22.7. The van der Waals surface area contributed by atoms with Gasteiger partial charge in [-0.3, -0.25) is 4.79 Å². The molecule has 23 heavy (non-hydrogen) atoms. The second-order valence-electron chi connectivity index (χ2n) is 7.57. The number of likely N-dealkylation sites (N-methyl/N-ethyl adjacent to an activating group) is 1. The molecule has 2 rings (SSSR count). The fourth-order valence-corrected chi connectivity index (χ4v) is 4.74. The molecule has 0 saturated heterocycles. The average Bonchev–Trinajstić information content (AvgIpc) is 2.89. The second-order valence-corrected chi connectivity index (χ2v) is 7.57. The largest absolute Gasteiger partial charge is 0.464 e. The molecule has 0 N–H and O–H groups in total. The Morgan fingerprint density at radius 3 is 2.09 bits per heavy atom. The van der Waals surface area contributed by atoms with E-state index in [9.17, 15) is 4.79 Å². The van der Waals surface area contributed by atoms with Gasteiger partial charge < -0.3 is 9.64 Å². The van der Waals surface area contributed by atoms with Gasteiger partial charge in [0.25, 0.3) is 0 Å². The fraction of sp³-hybridized carbons (Fsp3) is 0.950. The van der Waals surface area contributed by atoms with E-state index in [1.807, 2.05) is 0 Å². The number of carbonyl (C=O) groups is 1. The zero-order valence-corrected chi connectivity index (χ0v) is 15.4. The second kappa shape index (κ2) is 9.66. The predicted octanol–water partition coefficient (Wildman–Crippen LogP) is 4.79. The molecule has 0 aromatic rings. The summed E-state index contributed by atoms with van der Waals surface area (Å²) >= 11 is 0. The minimum Gasteiger partial charge on any atom is -0.464 e. The molecule has 0 radical (unpaired) electrons. The topological polar surface area (TPSA) is 29.5 Å². The van der Waals surface area contributed by atoms with E-state index < -0.39 is 0 Å². The summed E-state index contributed by atoms with van der Waals surface area (Å²) in [7, 11) is 0. The van der Waals surface area contributed by atoms with Crippen LogP contribution in [-0.2, 0) is 9.53 Å². The Balaban J connectivity index is 1.97. The molecular formula is C20H37NO2. The van der Waals surface area contributed by atoms with Crippen molar-refractivity contribution in [3.8, 4) is 0 Å². The van der Waals surface area contributed by atoms with Crippen LogP contribution in [0.1, 0.15) is 84.5 Å². The molecule has 0 atom stereocenters. The van der Waals surface area contributed by atoms with Gasteiger partial charge in [0.1, 0.15) is 6.61 Å². The number of rotatable bonds is 7. The van der Waals surface area contributed by atoms with Crippen molar-refractivity contribution >= 4 is 5.97 Å². The minimum atomic E-state index is -0.147. The monoisotopic (exact) mass is 323 g/mol. The van der Waals surface area contributed by atoms with Crippen molar-refractivity contribution in [2.75, 3.05) is 26.2 Å². The quantitative estimate of drug-likeness (QED) is 0.498. The van der Waals surface area contributed by atoms with E-state index in [0.717, 1.165) is 32.5 Å². The van der Waals surface area contributed by atoms with Crippen molar-refractivity contribution in [3.63, 3.8) is 0 Å². The lowest BCUT2D eigenvalue weighted by atomic mass is 9.63. The zero-order valence-electron chi connectivity index (χ0n) is 15.4. The third-order valence-corrected chi connectivity index (χ3v) is 6.32. The molecule has 3 nitrogen and oxygen atoms in total. The Morgan fingerprint density at radius 2 is 1.52 bits per heavy atom. The van der Waals surface area contributed by atoms with E-state index in [1.165, 1.54) is 57.8 Å². The number of nitrogens with zero attached hydrogens (tertiary/aromatic N) is 1. The minimum absolute atomic E-state index is 0.135. The van der Waals surface area contributed by atoms with Crippen molar-refractivity contribution in [1.29, 1.82) is 0 Å². The third-order valence-electron chi connectivity index (χ3n) is 6.32. The molecule has 0 heterocycles. The molecule has 134 valence electrons. The fourth-order valence-electron chi connectivity index (χ4n) is 4.74. The number of ether oxygens (including phenoxy) is 1. The molecule has 0 aromatic carbocycles. The van der Waals surface area contributed by atoms with Crippen LogP contribution in [0.2, 0.25) is 0 Å². The van der Waals surface area contributed by atoms with Gasteiger partial charge in [-0.2, -0.15) is 0 Å². The summed E-state index contributed by atoms with van der Waals surface area (Å²) in [6, 6.07) is 0. The highest BCUT2D eigenvalue weighted by atomic mass is 16.5. The van der Waals surface area contributed by atoms with Crippen LogP contribution in [0.5, 0.6) is 0 Å². The molecule has 2 fully saturated rings. The summed E-state index contributed by atoms with van der Waals surface area (Å²) in [5, 5.41) is 0. The van der Waals surface area contributed by atoms with Gasteiger partial charge in [0.15, 0.2) is 0 Å². The summed E-state index contributed by atoms with van der Waals surface area (Å²) in [4.78, 5) is 15.4. The van der Waals surface area contributed by atoms with Crippen LogP contribution in [0, 0.1) is 11.3 Å².